The molecule has 0 aliphatic heterocycles. The minimum atomic E-state index is -0.390. The van der Waals surface area contributed by atoms with Crippen LogP contribution >= 0.6 is 11.6 Å². The molecule has 1 saturated carbocycles. The van der Waals surface area contributed by atoms with Crippen LogP contribution in [0.1, 0.15) is 43.8 Å². The zero-order valence-corrected chi connectivity index (χ0v) is 10.9. The molecule has 2 rings (SSSR count). The monoisotopic (exact) mass is 254 g/mol. The Morgan fingerprint density at radius 3 is 2.59 bits per heavy atom. The highest BCUT2D eigenvalue weighted by Gasteiger charge is 2.23. The van der Waals surface area contributed by atoms with Crippen LogP contribution in [0.3, 0.4) is 0 Å². The average Bonchev–Trinajstić information content (AvgIpc) is 2.39. The lowest BCUT2D eigenvalue weighted by Crippen LogP contribution is -2.15. The molecule has 1 unspecified atom stereocenters. The molecule has 94 valence electrons. The van der Waals surface area contributed by atoms with E-state index in [1.807, 2.05) is 18.2 Å². The summed E-state index contributed by atoms with van der Waals surface area (Å²) in [6, 6.07) is 5.55. The maximum absolute atomic E-state index is 10.3. The number of hydrogen-bond donors (Lipinski definition) is 1. The number of hydrogen-bond acceptors (Lipinski definition) is 2. The lowest BCUT2D eigenvalue weighted by atomic mass is 9.83. The molecule has 0 saturated heterocycles. The van der Waals surface area contributed by atoms with Crippen LogP contribution in [0.15, 0.2) is 18.2 Å². The second-order valence-corrected chi connectivity index (χ2v) is 5.14. The van der Waals surface area contributed by atoms with E-state index in [4.69, 9.17) is 16.3 Å². The molecule has 0 spiro atoms. The van der Waals surface area contributed by atoms with Crippen LogP contribution in [0.4, 0.5) is 0 Å². The molecule has 0 amide bonds. The highest BCUT2D eigenvalue weighted by atomic mass is 35.5. The highest BCUT2D eigenvalue weighted by Crippen LogP contribution is 2.36. The summed E-state index contributed by atoms with van der Waals surface area (Å²) in [6.07, 6.45) is 5.60. The summed E-state index contributed by atoms with van der Waals surface area (Å²) < 4.78 is 5.11. The maximum atomic E-state index is 10.3. The van der Waals surface area contributed by atoms with Crippen LogP contribution in [-0.4, -0.2) is 12.2 Å². The van der Waals surface area contributed by atoms with Crippen LogP contribution in [0, 0.1) is 5.92 Å². The van der Waals surface area contributed by atoms with Crippen LogP contribution in [0.5, 0.6) is 5.75 Å². The van der Waals surface area contributed by atoms with Crippen LogP contribution < -0.4 is 4.74 Å². The molecule has 3 heteroatoms. The van der Waals surface area contributed by atoms with Crippen LogP contribution in [0.25, 0.3) is 0 Å². The van der Waals surface area contributed by atoms with Crippen molar-refractivity contribution in [3.63, 3.8) is 0 Å². The molecule has 17 heavy (non-hydrogen) atoms. The maximum Gasteiger partial charge on any atom is 0.137 e. The summed E-state index contributed by atoms with van der Waals surface area (Å²) >= 11 is 6.08. The van der Waals surface area contributed by atoms with E-state index < -0.39 is 6.10 Å². The van der Waals surface area contributed by atoms with Crippen molar-refractivity contribution in [2.24, 2.45) is 5.92 Å². The number of rotatable bonds is 3. The van der Waals surface area contributed by atoms with Gasteiger partial charge in [-0.25, -0.2) is 0 Å². The topological polar surface area (TPSA) is 29.5 Å². The number of halogens is 1. The van der Waals surface area contributed by atoms with Crippen molar-refractivity contribution in [1.29, 1.82) is 0 Å². The van der Waals surface area contributed by atoms with Crippen molar-refractivity contribution in [3.05, 3.63) is 28.8 Å². The molecule has 2 nitrogen and oxygen atoms in total. The van der Waals surface area contributed by atoms with E-state index in [9.17, 15) is 5.11 Å². The van der Waals surface area contributed by atoms with Crippen molar-refractivity contribution < 1.29 is 9.84 Å². The van der Waals surface area contributed by atoms with E-state index in [2.05, 4.69) is 0 Å². The third kappa shape index (κ3) is 2.93. The normalized spacial score (nSPS) is 19.0. The quantitative estimate of drug-likeness (QED) is 0.885. The van der Waals surface area contributed by atoms with Crippen molar-refractivity contribution in [2.45, 2.75) is 38.2 Å². The summed E-state index contributed by atoms with van der Waals surface area (Å²) in [6.45, 7) is 0. The van der Waals surface area contributed by atoms with Gasteiger partial charge in [-0.3, -0.25) is 0 Å². The molecule has 0 aromatic heterocycles. The van der Waals surface area contributed by atoms with E-state index in [-0.39, 0.29) is 0 Å². The molecule has 1 N–H and O–H groups in total. The van der Waals surface area contributed by atoms with Crippen molar-refractivity contribution >= 4 is 11.6 Å². The Kier molecular flexibility index (Phi) is 4.30. The minimum Gasteiger partial charge on any atom is -0.495 e. The molecular weight excluding hydrogens is 236 g/mol. The standard InChI is InChI=1S/C14H19ClO2/c1-17-13-8-7-11(9-12(13)15)14(16)10-5-3-2-4-6-10/h7-10,14,16H,2-6H2,1H3. The third-order valence-electron chi connectivity index (χ3n) is 3.61. The number of methoxy groups -OCH3 is 1. The Morgan fingerprint density at radius 2 is 2.00 bits per heavy atom. The Bertz CT molecular complexity index is 372. The smallest absolute Gasteiger partial charge is 0.137 e. The van der Waals surface area contributed by atoms with Gasteiger partial charge >= 0.3 is 0 Å². The van der Waals surface area contributed by atoms with Gasteiger partial charge in [-0.1, -0.05) is 36.9 Å². The van der Waals surface area contributed by atoms with Gasteiger partial charge in [0.25, 0.3) is 0 Å². The Morgan fingerprint density at radius 1 is 1.29 bits per heavy atom. The fourth-order valence-electron chi connectivity index (χ4n) is 2.59. The minimum absolute atomic E-state index is 0.383. The molecule has 1 atom stereocenters. The van der Waals surface area contributed by atoms with Crippen molar-refractivity contribution in [2.75, 3.05) is 7.11 Å². The van der Waals surface area contributed by atoms with E-state index in [1.54, 1.807) is 7.11 Å². The number of aliphatic hydroxyl groups excluding tert-OH is 1. The predicted molar refractivity (Wildman–Crippen MR) is 69.5 cm³/mol. The van der Waals surface area contributed by atoms with Crippen molar-refractivity contribution in [1.82, 2.24) is 0 Å². The summed E-state index contributed by atoms with van der Waals surface area (Å²) in [5, 5.41) is 10.9. The lowest BCUT2D eigenvalue weighted by Gasteiger charge is -2.27. The fraction of sp³-hybridized carbons (Fsp3) is 0.571. The molecule has 0 heterocycles. The number of aliphatic hydroxyl groups is 1. The van der Waals surface area contributed by atoms with Gasteiger partial charge in [0.15, 0.2) is 0 Å². The summed E-state index contributed by atoms with van der Waals surface area (Å²) in [7, 11) is 1.60. The molecule has 0 bridgehead atoms. The molecule has 0 radical (unpaired) electrons. The first-order valence-corrected chi connectivity index (χ1v) is 6.61. The van der Waals surface area contributed by atoms with Gasteiger partial charge in [0, 0.05) is 0 Å². The summed E-state index contributed by atoms with van der Waals surface area (Å²) in [4.78, 5) is 0. The lowest BCUT2D eigenvalue weighted by molar-refractivity contribution is 0.0848. The average molecular weight is 255 g/mol. The Labute approximate surface area is 108 Å². The predicted octanol–water partition coefficient (Wildman–Crippen LogP) is 3.96. The molecule has 1 aliphatic carbocycles. The largest absolute Gasteiger partial charge is 0.495 e. The third-order valence-corrected chi connectivity index (χ3v) is 3.91. The van der Waals surface area contributed by atoms with E-state index >= 15 is 0 Å². The first-order valence-electron chi connectivity index (χ1n) is 6.24. The molecule has 1 aromatic carbocycles. The van der Waals surface area contributed by atoms with Gasteiger partial charge in [-0.05, 0) is 36.5 Å². The van der Waals surface area contributed by atoms with E-state index in [1.165, 1.54) is 19.3 Å². The second-order valence-electron chi connectivity index (χ2n) is 4.74. The Hall–Kier alpha value is -0.730. The Balaban J connectivity index is 2.12. The van der Waals surface area contributed by atoms with Gasteiger partial charge in [-0.2, -0.15) is 0 Å². The fourth-order valence-corrected chi connectivity index (χ4v) is 2.85. The molecule has 1 aliphatic rings. The van der Waals surface area contributed by atoms with Gasteiger partial charge in [-0.15, -0.1) is 0 Å². The van der Waals surface area contributed by atoms with Gasteiger partial charge in [0.05, 0.1) is 18.2 Å². The first kappa shape index (κ1) is 12.7. The first-order chi connectivity index (χ1) is 8.22. The van der Waals surface area contributed by atoms with Crippen LogP contribution in [-0.2, 0) is 0 Å². The van der Waals surface area contributed by atoms with Gasteiger partial charge < -0.3 is 9.84 Å². The zero-order valence-electron chi connectivity index (χ0n) is 10.2. The molecule has 1 aromatic rings. The summed E-state index contributed by atoms with van der Waals surface area (Å²) in [5.74, 6) is 1.04. The van der Waals surface area contributed by atoms with Gasteiger partial charge in [0.1, 0.15) is 5.75 Å². The molecule has 1 fully saturated rings. The van der Waals surface area contributed by atoms with Gasteiger partial charge in [0.2, 0.25) is 0 Å². The molecular formula is C14H19ClO2. The number of ether oxygens (including phenoxy) is 1. The second kappa shape index (κ2) is 5.74. The van der Waals surface area contributed by atoms with E-state index in [0.29, 0.717) is 16.7 Å². The zero-order chi connectivity index (χ0) is 12.3. The van der Waals surface area contributed by atoms with Crippen LogP contribution in [0.2, 0.25) is 5.02 Å². The van der Waals surface area contributed by atoms with Crippen molar-refractivity contribution in [3.8, 4) is 5.75 Å². The SMILES string of the molecule is COc1ccc(C(O)C2CCCCC2)cc1Cl. The summed E-state index contributed by atoms with van der Waals surface area (Å²) in [5.41, 5.74) is 0.905. The van der Waals surface area contributed by atoms with E-state index in [0.717, 1.165) is 18.4 Å². The number of benzene rings is 1. The highest BCUT2D eigenvalue weighted by molar-refractivity contribution is 6.32.